The van der Waals surface area contributed by atoms with Gasteiger partial charge < -0.3 is 10.3 Å². The number of fused-ring (bicyclic) bond motifs is 1. The Labute approximate surface area is 115 Å². The predicted octanol–water partition coefficient (Wildman–Crippen LogP) is 4.23. The lowest BCUT2D eigenvalue weighted by atomic mass is 9.75. The van der Waals surface area contributed by atoms with Gasteiger partial charge in [-0.1, -0.05) is 32.0 Å². The highest BCUT2D eigenvalue weighted by molar-refractivity contribution is 5.82. The third-order valence-electron chi connectivity index (χ3n) is 4.60. The summed E-state index contributed by atoms with van der Waals surface area (Å²) in [6.45, 7) is 5.76. The van der Waals surface area contributed by atoms with Crippen LogP contribution in [0.15, 0.2) is 30.5 Å². The summed E-state index contributed by atoms with van der Waals surface area (Å²) in [5, 5.41) is 5.09. The van der Waals surface area contributed by atoms with Crippen LogP contribution in [-0.4, -0.2) is 11.0 Å². The number of H-pyrrole nitrogens is 1. The molecular weight excluding hydrogens is 232 g/mol. The lowest BCUT2D eigenvalue weighted by Crippen LogP contribution is -2.35. The molecule has 0 bridgehead atoms. The van der Waals surface area contributed by atoms with E-state index in [1.807, 2.05) is 0 Å². The first-order valence-electron chi connectivity index (χ1n) is 7.42. The molecule has 1 aliphatic rings. The van der Waals surface area contributed by atoms with E-state index >= 15 is 0 Å². The van der Waals surface area contributed by atoms with E-state index in [4.69, 9.17) is 0 Å². The minimum atomic E-state index is 0.555. The zero-order chi connectivity index (χ0) is 13.3. The zero-order valence-corrected chi connectivity index (χ0v) is 12.0. The van der Waals surface area contributed by atoms with E-state index in [1.165, 1.54) is 42.1 Å². The number of nitrogens with one attached hydrogen (secondary N) is 2. The van der Waals surface area contributed by atoms with Gasteiger partial charge in [0.05, 0.1) is 0 Å². The third-order valence-corrected chi connectivity index (χ3v) is 4.60. The van der Waals surface area contributed by atoms with E-state index in [0.29, 0.717) is 11.5 Å². The fourth-order valence-corrected chi connectivity index (χ4v) is 3.14. The van der Waals surface area contributed by atoms with Gasteiger partial charge in [0.25, 0.3) is 0 Å². The Kier molecular flexibility index (Phi) is 3.36. The van der Waals surface area contributed by atoms with E-state index in [1.54, 1.807) is 0 Å². The fourth-order valence-electron chi connectivity index (χ4n) is 3.14. The summed E-state index contributed by atoms with van der Waals surface area (Å²) < 4.78 is 0. The highest BCUT2D eigenvalue weighted by Crippen LogP contribution is 2.35. The summed E-state index contributed by atoms with van der Waals surface area (Å²) in [5.74, 6) is 0. The largest absolute Gasteiger partial charge is 0.361 e. The van der Waals surface area contributed by atoms with Crippen LogP contribution in [0, 0.1) is 5.41 Å². The average molecular weight is 256 g/mol. The standard InChI is InChI=1S/C17H24N2/c1-17(2)9-7-14(8-10-17)18-11-13-12-19-16-6-4-3-5-15(13)16/h3-6,12,14,18-19H,7-11H2,1-2H3. The Hall–Kier alpha value is -1.28. The molecule has 0 unspecified atom stereocenters. The maximum absolute atomic E-state index is 3.73. The topological polar surface area (TPSA) is 27.8 Å². The molecule has 3 rings (SSSR count). The Bertz CT molecular complexity index is 543. The third kappa shape index (κ3) is 2.84. The molecule has 1 saturated carbocycles. The Balaban J connectivity index is 1.61. The molecule has 1 fully saturated rings. The summed E-state index contributed by atoms with van der Waals surface area (Å²) >= 11 is 0. The van der Waals surface area contributed by atoms with Gasteiger partial charge in [0.15, 0.2) is 0 Å². The number of benzene rings is 1. The molecule has 102 valence electrons. The molecule has 1 aromatic carbocycles. The second-order valence-electron chi connectivity index (χ2n) is 6.68. The molecule has 0 amide bonds. The maximum Gasteiger partial charge on any atom is 0.0457 e. The smallest absolute Gasteiger partial charge is 0.0457 e. The number of hydrogen-bond donors (Lipinski definition) is 2. The molecular formula is C17H24N2. The molecule has 0 radical (unpaired) electrons. The van der Waals surface area contributed by atoms with Crippen molar-refractivity contribution in [3.05, 3.63) is 36.0 Å². The summed E-state index contributed by atoms with van der Waals surface area (Å²) in [5.41, 5.74) is 3.18. The van der Waals surface area contributed by atoms with E-state index in [0.717, 1.165) is 6.54 Å². The average Bonchev–Trinajstić information content (AvgIpc) is 2.81. The Morgan fingerprint density at radius 1 is 1.21 bits per heavy atom. The monoisotopic (exact) mass is 256 g/mol. The molecule has 2 N–H and O–H groups in total. The first-order valence-corrected chi connectivity index (χ1v) is 7.42. The van der Waals surface area contributed by atoms with Crippen molar-refractivity contribution in [1.82, 2.24) is 10.3 Å². The first kappa shape index (κ1) is 12.7. The van der Waals surface area contributed by atoms with Crippen molar-refractivity contribution in [3.63, 3.8) is 0 Å². The van der Waals surface area contributed by atoms with Crippen LogP contribution in [0.2, 0.25) is 0 Å². The van der Waals surface area contributed by atoms with Crippen molar-refractivity contribution < 1.29 is 0 Å². The normalized spacial score (nSPS) is 19.9. The van der Waals surface area contributed by atoms with Gasteiger partial charge >= 0.3 is 0 Å². The van der Waals surface area contributed by atoms with Crippen LogP contribution in [0.25, 0.3) is 10.9 Å². The zero-order valence-electron chi connectivity index (χ0n) is 12.0. The van der Waals surface area contributed by atoms with E-state index in [2.05, 4.69) is 54.6 Å². The van der Waals surface area contributed by atoms with Crippen molar-refractivity contribution >= 4 is 10.9 Å². The Morgan fingerprint density at radius 3 is 2.74 bits per heavy atom. The first-order chi connectivity index (χ1) is 9.14. The molecule has 2 nitrogen and oxygen atoms in total. The number of hydrogen-bond acceptors (Lipinski definition) is 1. The molecule has 0 atom stereocenters. The molecule has 0 saturated heterocycles. The van der Waals surface area contributed by atoms with Crippen molar-refractivity contribution in [2.24, 2.45) is 5.41 Å². The Morgan fingerprint density at radius 2 is 1.95 bits per heavy atom. The molecule has 0 aliphatic heterocycles. The highest BCUT2D eigenvalue weighted by atomic mass is 14.9. The van der Waals surface area contributed by atoms with Crippen LogP contribution < -0.4 is 5.32 Å². The van der Waals surface area contributed by atoms with Gasteiger partial charge in [-0.15, -0.1) is 0 Å². The van der Waals surface area contributed by atoms with Crippen LogP contribution in [-0.2, 0) is 6.54 Å². The van der Waals surface area contributed by atoms with Gasteiger partial charge in [0, 0.05) is 29.7 Å². The highest BCUT2D eigenvalue weighted by Gasteiger charge is 2.26. The quantitative estimate of drug-likeness (QED) is 0.845. The minimum Gasteiger partial charge on any atom is -0.361 e. The number of aromatic nitrogens is 1. The SMILES string of the molecule is CC1(C)CCC(NCc2c[nH]c3ccccc23)CC1. The van der Waals surface area contributed by atoms with Gasteiger partial charge in [-0.25, -0.2) is 0 Å². The van der Waals surface area contributed by atoms with Crippen LogP contribution >= 0.6 is 0 Å². The van der Waals surface area contributed by atoms with Crippen molar-refractivity contribution in [1.29, 1.82) is 0 Å². The van der Waals surface area contributed by atoms with Crippen molar-refractivity contribution in [2.45, 2.75) is 52.1 Å². The summed E-state index contributed by atoms with van der Waals surface area (Å²) in [4.78, 5) is 3.35. The van der Waals surface area contributed by atoms with Gasteiger partial charge in [-0.05, 0) is 42.7 Å². The number of aromatic amines is 1. The van der Waals surface area contributed by atoms with Crippen LogP contribution in [0.3, 0.4) is 0 Å². The van der Waals surface area contributed by atoms with Crippen molar-refractivity contribution in [2.75, 3.05) is 0 Å². The molecule has 2 heteroatoms. The van der Waals surface area contributed by atoms with E-state index in [9.17, 15) is 0 Å². The molecule has 19 heavy (non-hydrogen) atoms. The minimum absolute atomic E-state index is 0.555. The molecule has 1 aliphatic carbocycles. The number of para-hydroxylation sites is 1. The molecule has 1 aromatic heterocycles. The van der Waals surface area contributed by atoms with Gasteiger partial charge in [0.1, 0.15) is 0 Å². The lowest BCUT2D eigenvalue weighted by Gasteiger charge is -2.34. The summed E-state index contributed by atoms with van der Waals surface area (Å²) in [6.07, 6.45) is 7.46. The maximum atomic E-state index is 3.73. The van der Waals surface area contributed by atoms with E-state index in [-0.39, 0.29) is 0 Å². The van der Waals surface area contributed by atoms with Gasteiger partial charge in [-0.2, -0.15) is 0 Å². The second kappa shape index (κ2) is 5.01. The summed E-state index contributed by atoms with van der Waals surface area (Å²) in [6, 6.07) is 9.23. The molecule has 0 spiro atoms. The van der Waals surface area contributed by atoms with Gasteiger partial charge in [0.2, 0.25) is 0 Å². The summed E-state index contributed by atoms with van der Waals surface area (Å²) in [7, 11) is 0. The van der Waals surface area contributed by atoms with Crippen LogP contribution in [0.4, 0.5) is 0 Å². The van der Waals surface area contributed by atoms with Crippen LogP contribution in [0.5, 0.6) is 0 Å². The number of rotatable bonds is 3. The van der Waals surface area contributed by atoms with Crippen LogP contribution in [0.1, 0.15) is 45.1 Å². The lowest BCUT2D eigenvalue weighted by molar-refractivity contribution is 0.206. The predicted molar refractivity (Wildman–Crippen MR) is 81.2 cm³/mol. The fraction of sp³-hybridized carbons (Fsp3) is 0.529. The van der Waals surface area contributed by atoms with Gasteiger partial charge in [-0.3, -0.25) is 0 Å². The van der Waals surface area contributed by atoms with E-state index < -0.39 is 0 Å². The molecule has 1 heterocycles. The van der Waals surface area contributed by atoms with Crippen molar-refractivity contribution in [3.8, 4) is 0 Å². The second-order valence-corrected chi connectivity index (χ2v) is 6.68. The molecule has 2 aromatic rings.